The van der Waals surface area contributed by atoms with Crippen molar-refractivity contribution in [2.24, 2.45) is 0 Å². The van der Waals surface area contributed by atoms with E-state index in [2.05, 4.69) is 34.8 Å². The molecule has 1 aliphatic rings. The number of aryl methyl sites for hydroxylation is 3. The fraction of sp³-hybridized carbons (Fsp3) is 0.458. The summed E-state index contributed by atoms with van der Waals surface area (Å²) in [5.74, 6) is 0.0938. The average Bonchev–Trinajstić information content (AvgIpc) is 3.10. The van der Waals surface area contributed by atoms with Gasteiger partial charge in [-0.2, -0.15) is 0 Å². The van der Waals surface area contributed by atoms with Crippen molar-refractivity contribution in [3.63, 3.8) is 0 Å². The molecule has 0 spiro atoms. The fourth-order valence-corrected chi connectivity index (χ4v) is 5.51. The fourth-order valence-electron chi connectivity index (χ4n) is 4.24. The van der Waals surface area contributed by atoms with Gasteiger partial charge in [-0.15, -0.1) is 11.3 Å². The second kappa shape index (κ2) is 9.85. The molecule has 0 bridgehead atoms. The Morgan fingerprint density at radius 1 is 1.19 bits per heavy atom. The number of ether oxygens (including phenoxy) is 1. The van der Waals surface area contributed by atoms with E-state index in [0.29, 0.717) is 6.54 Å². The molecule has 0 atom stereocenters. The molecule has 0 N–H and O–H groups in total. The Kier molecular flexibility index (Phi) is 6.95. The third-order valence-corrected chi connectivity index (χ3v) is 7.01. The highest BCUT2D eigenvalue weighted by atomic mass is 32.1. The summed E-state index contributed by atoms with van der Waals surface area (Å²) in [6, 6.07) is 6.05. The first-order valence-electron chi connectivity index (χ1n) is 10.9. The molecule has 0 aliphatic carbocycles. The van der Waals surface area contributed by atoms with E-state index < -0.39 is 0 Å². The predicted octanol–water partition coefficient (Wildman–Crippen LogP) is 3.98. The van der Waals surface area contributed by atoms with Crippen LogP contribution in [0, 0.1) is 20.8 Å². The molecule has 1 amide bonds. The normalized spacial score (nSPS) is 14.8. The number of pyridine rings is 2. The van der Waals surface area contributed by atoms with Gasteiger partial charge < -0.3 is 9.64 Å². The second-order valence-electron chi connectivity index (χ2n) is 8.21. The van der Waals surface area contributed by atoms with Crippen molar-refractivity contribution in [2.75, 3.05) is 39.4 Å². The molecular weight excluding hydrogens is 408 g/mol. The van der Waals surface area contributed by atoms with Crippen LogP contribution in [0.1, 0.15) is 38.5 Å². The van der Waals surface area contributed by atoms with Gasteiger partial charge in [0.25, 0.3) is 5.91 Å². The lowest BCUT2D eigenvalue weighted by Crippen LogP contribution is -2.39. The molecule has 7 heteroatoms. The Balaban J connectivity index is 1.56. The van der Waals surface area contributed by atoms with Gasteiger partial charge in [-0.25, -0.2) is 4.98 Å². The standard InChI is InChI=1S/C24H30N4O2S/c1-17-15-18(2)26-23-21(17)19(3)22(31-23)24(29)28(16-20-5-7-25-8-6-20)10-4-9-27-11-13-30-14-12-27/h5-8,15H,4,9-14,16H2,1-3H3. The van der Waals surface area contributed by atoms with Crippen LogP contribution in [-0.2, 0) is 11.3 Å². The maximum atomic E-state index is 13.7. The topological polar surface area (TPSA) is 58.6 Å². The molecule has 0 unspecified atom stereocenters. The van der Waals surface area contributed by atoms with Gasteiger partial charge in [0.05, 0.1) is 18.1 Å². The molecule has 1 saturated heterocycles. The van der Waals surface area contributed by atoms with Crippen molar-refractivity contribution in [2.45, 2.75) is 33.7 Å². The van der Waals surface area contributed by atoms with E-state index in [1.165, 1.54) is 16.9 Å². The van der Waals surface area contributed by atoms with E-state index in [4.69, 9.17) is 4.74 Å². The summed E-state index contributed by atoms with van der Waals surface area (Å²) in [5, 5.41) is 1.12. The van der Waals surface area contributed by atoms with Gasteiger partial charge in [0.15, 0.2) is 0 Å². The van der Waals surface area contributed by atoms with Gasteiger partial charge >= 0.3 is 0 Å². The number of nitrogens with zero attached hydrogens (tertiary/aromatic N) is 4. The highest BCUT2D eigenvalue weighted by Crippen LogP contribution is 2.33. The third kappa shape index (κ3) is 5.11. The van der Waals surface area contributed by atoms with E-state index in [9.17, 15) is 4.79 Å². The Morgan fingerprint density at radius 2 is 1.94 bits per heavy atom. The zero-order valence-corrected chi connectivity index (χ0v) is 19.4. The number of carbonyl (C=O) groups excluding carboxylic acids is 1. The van der Waals surface area contributed by atoms with Crippen molar-refractivity contribution in [3.05, 3.63) is 57.9 Å². The van der Waals surface area contributed by atoms with Gasteiger partial charge in [0.2, 0.25) is 0 Å². The first-order chi connectivity index (χ1) is 15.0. The minimum absolute atomic E-state index is 0.0938. The van der Waals surface area contributed by atoms with Gasteiger partial charge in [-0.1, -0.05) is 0 Å². The van der Waals surface area contributed by atoms with Gasteiger partial charge in [-0.3, -0.25) is 14.7 Å². The number of rotatable bonds is 7. The van der Waals surface area contributed by atoms with Crippen LogP contribution in [0.15, 0.2) is 30.6 Å². The first-order valence-corrected chi connectivity index (χ1v) is 11.7. The number of amides is 1. The SMILES string of the molecule is Cc1cc(C)c2c(C)c(C(=O)N(CCCN3CCOCC3)Cc3ccncc3)sc2n1. The summed E-state index contributed by atoms with van der Waals surface area (Å²) in [7, 11) is 0. The Hall–Kier alpha value is -2.35. The molecule has 31 heavy (non-hydrogen) atoms. The summed E-state index contributed by atoms with van der Waals surface area (Å²) >= 11 is 1.52. The molecule has 6 nitrogen and oxygen atoms in total. The molecule has 1 aliphatic heterocycles. The zero-order valence-electron chi connectivity index (χ0n) is 18.6. The van der Waals surface area contributed by atoms with Crippen molar-refractivity contribution < 1.29 is 9.53 Å². The van der Waals surface area contributed by atoms with Gasteiger partial charge in [0, 0.05) is 56.2 Å². The monoisotopic (exact) mass is 438 g/mol. The largest absolute Gasteiger partial charge is 0.379 e. The van der Waals surface area contributed by atoms with Crippen molar-refractivity contribution in [3.8, 4) is 0 Å². The molecule has 4 heterocycles. The lowest BCUT2D eigenvalue weighted by molar-refractivity contribution is 0.0356. The molecule has 3 aromatic heterocycles. The molecule has 4 rings (SSSR count). The van der Waals surface area contributed by atoms with Crippen LogP contribution < -0.4 is 0 Å². The lowest BCUT2D eigenvalue weighted by atomic mass is 10.1. The summed E-state index contributed by atoms with van der Waals surface area (Å²) < 4.78 is 5.45. The average molecular weight is 439 g/mol. The predicted molar refractivity (Wildman–Crippen MR) is 125 cm³/mol. The highest BCUT2D eigenvalue weighted by molar-refractivity contribution is 7.20. The first kappa shape index (κ1) is 21.9. The molecule has 3 aromatic rings. The number of fused-ring (bicyclic) bond motifs is 1. The third-order valence-electron chi connectivity index (χ3n) is 5.84. The highest BCUT2D eigenvalue weighted by Gasteiger charge is 2.23. The number of carbonyl (C=O) groups is 1. The molecule has 0 aromatic carbocycles. The van der Waals surface area contributed by atoms with Crippen molar-refractivity contribution >= 4 is 27.5 Å². The van der Waals surface area contributed by atoms with Crippen molar-refractivity contribution in [1.82, 2.24) is 19.8 Å². The van der Waals surface area contributed by atoms with Gasteiger partial charge in [-0.05, 0) is 62.1 Å². The van der Waals surface area contributed by atoms with Crippen LogP contribution in [0.3, 0.4) is 0 Å². The van der Waals surface area contributed by atoms with Crippen LogP contribution in [-0.4, -0.2) is 65.1 Å². The maximum Gasteiger partial charge on any atom is 0.264 e. The summed E-state index contributed by atoms with van der Waals surface area (Å²) in [4.78, 5) is 28.6. The molecule has 0 radical (unpaired) electrons. The van der Waals surface area contributed by atoms with E-state index in [-0.39, 0.29) is 5.91 Å². The molecule has 1 fully saturated rings. The Bertz CT molecular complexity index is 1040. The van der Waals surface area contributed by atoms with Crippen molar-refractivity contribution in [1.29, 1.82) is 0 Å². The van der Waals surface area contributed by atoms with E-state index in [0.717, 1.165) is 77.7 Å². The smallest absolute Gasteiger partial charge is 0.264 e. The van der Waals surface area contributed by atoms with Gasteiger partial charge in [0.1, 0.15) is 4.83 Å². The quantitative estimate of drug-likeness (QED) is 0.558. The number of thiophene rings is 1. The Morgan fingerprint density at radius 3 is 2.68 bits per heavy atom. The Labute approximate surface area is 187 Å². The summed E-state index contributed by atoms with van der Waals surface area (Å²) in [6.45, 7) is 12.0. The maximum absolute atomic E-state index is 13.7. The second-order valence-corrected chi connectivity index (χ2v) is 9.21. The van der Waals surface area contributed by atoms with E-state index in [1.54, 1.807) is 12.4 Å². The molecular formula is C24H30N4O2S. The van der Waals surface area contributed by atoms with Crippen LogP contribution in [0.25, 0.3) is 10.2 Å². The van der Waals surface area contributed by atoms with Crippen LogP contribution in [0.2, 0.25) is 0 Å². The number of aromatic nitrogens is 2. The van der Waals surface area contributed by atoms with Crippen LogP contribution in [0.5, 0.6) is 0 Å². The summed E-state index contributed by atoms with van der Waals surface area (Å²) in [6.07, 6.45) is 4.51. The van der Waals surface area contributed by atoms with E-state index in [1.807, 2.05) is 24.0 Å². The number of morpholine rings is 1. The zero-order chi connectivity index (χ0) is 21.8. The minimum atomic E-state index is 0.0938. The summed E-state index contributed by atoms with van der Waals surface area (Å²) in [5.41, 5.74) is 4.31. The number of hydrogen-bond acceptors (Lipinski definition) is 6. The van der Waals surface area contributed by atoms with Crippen LogP contribution >= 0.6 is 11.3 Å². The number of hydrogen-bond donors (Lipinski definition) is 0. The minimum Gasteiger partial charge on any atom is -0.379 e. The molecule has 0 saturated carbocycles. The lowest BCUT2D eigenvalue weighted by Gasteiger charge is -2.28. The van der Waals surface area contributed by atoms with Crippen LogP contribution in [0.4, 0.5) is 0 Å². The van der Waals surface area contributed by atoms with E-state index >= 15 is 0 Å². The molecule has 164 valence electrons.